The van der Waals surface area contributed by atoms with Gasteiger partial charge in [0.15, 0.2) is 0 Å². The van der Waals surface area contributed by atoms with E-state index in [1.54, 1.807) is 0 Å². The van der Waals surface area contributed by atoms with Gasteiger partial charge in [0.05, 0.1) is 0 Å². The third-order valence-electron chi connectivity index (χ3n) is 2.42. The maximum atomic E-state index is 11.7. The topological polar surface area (TPSA) is 35.2 Å². The van der Waals surface area contributed by atoms with Crippen LogP contribution in [0, 0.1) is 5.92 Å². The monoisotopic (exact) mass is 227 g/mol. The third-order valence-corrected chi connectivity index (χ3v) is 2.42. The van der Waals surface area contributed by atoms with Gasteiger partial charge in [0, 0.05) is 12.6 Å². The Hall–Kier alpha value is -0.290. The molecule has 0 bridgehead atoms. The van der Waals surface area contributed by atoms with Gasteiger partial charge >= 0.3 is 6.18 Å². The number of nitrogens with two attached hydrogens (primary N) is 1. The van der Waals surface area contributed by atoms with Crippen LogP contribution in [0.3, 0.4) is 0 Å². The average Bonchev–Trinajstić information content (AvgIpc) is 2.14. The van der Waals surface area contributed by atoms with Crippen LogP contribution in [0.5, 0.6) is 0 Å². The summed E-state index contributed by atoms with van der Waals surface area (Å²) in [5, 5.41) is 0. The molecule has 0 radical (unpaired) electrons. The van der Waals surface area contributed by atoms with Crippen molar-refractivity contribution >= 4 is 0 Å². The van der Waals surface area contributed by atoms with E-state index in [4.69, 9.17) is 5.73 Å². The SMILES string of the molecule is CCC(N)C(C)CCCOCC(F)(F)F. The number of hydrogen-bond acceptors (Lipinski definition) is 2. The molecule has 0 aromatic heterocycles. The first-order chi connectivity index (χ1) is 6.87. The molecule has 0 aromatic rings. The van der Waals surface area contributed by atoms with Crippen LogP contribution in [0.25, 0.3) is 0 Å². The number of halogens is 3. The van der Waals surface area contributed by atoms with Crippen molar-refractivity contribution in [2.45, 2.75) is 45.3 Å². The molecular formula is C10H20F3NO. The normalized spacial score (nSPS) is 16.4. The average molecular weight is 227 g/mol. The Morgan fingerprint density at radius 3 is 2.40 bits per heavy atom. The van der Waals surface area contributed by atoms with E-state index >= 15 is 0 Å². The molecule has 0 aliphatic heterocycles. The summed E-state index contributed by atoms with van der Waals surface area (Å²) in [7, 11) is 0. The summed E-state index contributed by atoms with van der Waals surface area (Å²) in [6, 6.07) is 0.132. The largest absolute Gasteiger partial charge is 0.411 e. The lowest BCUT2D eigenvalue weighted by Crippen LogP contribution is -2.27. The Kier molecular flexibility index (Phi) is 6.92. The Bertz CT molecular complexity index is 161. The minimum Gasteiger partial charge on any atom is -0.372 e. The van der Waals surface area contributed by atoms with E-state index in [0.29, 0.717) is 12.3 Å². The highest BCUT2D eigenvalue weighted by molar-refractivity contribution is 4.66. The summed E-state index contributed by atoms with van der Waals surface area (Å²) in [5.74, 6) is 0.337. The van der Waals surface area contributed by atoms with Crippen molar-refractivity contribution in [3.8, 4) is 0 Å². The van der Waals surface area contributed by atoms with E-state index in [2.05, 4.69) is 4.74 Å². The lowest BCUT2D eigenvalue weighted by atomic mass is 9.96. The van der Waals surface area contributed by atoms with Crippen LogP contribution in [0.4, 0.5) is 13.2 Å². The van der Waals surface area contributed by atoms with Gasteiger partial charge in [-0.15, -0.1) is 0 Å². The molecule has 0 saturated carbocycles. The molecule has 0 aliphatic carbocycles. The fourth-order valence-electron chi connectivity index (χ4n) is 1.31. The van der Waals surface area contributed by atoms with Gasteiger partial charge in [-0.05, 0) is 25.2 Å². The Labute approximate surface area is 89.0 Å². The zero-order valence-corrected chi connectivity index (χ0v) is 9.31. The smallest absolute Gasteiger partial charge is 0.372 e. The summed E-state index contributed by atoms with van der Waals surface area (Å²) in [5.41, 5.74) is 5.78. The van der Waals surface area contributed by atoms with Gasteiger partial charge in [0.1, 0.15) is 6.61 Å². The summed E-state index contributed by atoms with van der Waals surface area (Å²) >= 11 is 0. The highest BCUT2D eigenvalue weighted by Crippen LogP contribution is 2.15. The first-order valence-corrected chi connectivity index (χ1v) is 5.27. The summed E-state index contributed by atoms with van der Waals surface area (Å²) in [6.45, 7) is 3.01. The van der Waals surface area contributed by atoms with Gasteiger partial charge in [-0.25, -0.2) is 0 Å². The molecule has 2 nitrogen and oxygen atoms in total. The van der Waals surface area contributed by atoms with E-state index < -0.39 is 12.8 Å². The predicted molar refractivity (Wildman–Crippen MR) is 53.5 cm³/mol. The highest BCUT2D eigenvalue weighted by atomic mass is 19.4. The molecule has 0 amide bonds. The zero-order valence-electron chi connectivity index (χ0n) is 9.31. The highest BCUT2D eigenvalue weighted by Gasteiger charge is 2.27. The maximum Gasteiger partial charge on any atom is 0.411 e. The number of ether oxygens (including phenoxy) is 1. The molecule has 5 heteroatoms. The van der Waals surface area contributed by atoms with E-state index in [0.717, 1.165) is 12.8 Å². The number of hydrogen-bond donors (Lipinski definition) is 1. The van der Waals surface area contributed by atoms with Crippen LogP contribution in [-0.2, 0) is 4.74 Å². The zero-order chi connectivity index (χ0) is 11.9. The molecule has 15 heavy (non-hydrogen) atoms. The van der Waals surface area contributed by atoms with Gasteiger partial charge in [0.25, 0.3) is 0 Å². The minimum atomic E-state index is -4.22. The summed E-state index contributed by atoms with van der Waals surface area (Å²) in [6.07, 6.45) is -1.88. The number of rotatable bonds is 7. The van der Waals surface area contributed by atoms with Crippen LogP contribution in [0.2, 0.25) is 0 Å². The van der Waals surface area contributed by atoms with Crippen molar-refractivity contribution in [1.82, 2.24) is 0 Å². The first-order valence-electron chi connectivity index (χ1n) is 5.27. The van der Waals surface area contributed by atoms with Crippen molar-refractivity contribution in [2.24, 2.45) is 11.7 Å². The van der Waals surface area contributed by atoms with E-state index in [-0.39, 0.29) is 12.6 Å². The van der Waals surface area contributed by atoms with Crippen LogP contribution in [0.1, 0.15) is 33.1 Å². The Morgan fingerprint density at radius 2 is 1.93 bits per heavy atom. The minimum absolute atomic E-state index is 0.132. The maximum absolute atomic E-state index is 11.7. The van der Waals surface area contributed by atoms with Gasteiger partial charge in [0.2, 0.25) is 0 Å². The van der Waals surface area contributed by atoms with Gasteiger partial charge in [-0.3, -0.25) is 0 Å². The molecule has 0 heterocycles. The van der Waals surface area contributed by atoms with Crippen LogP contribution in [0.15, 0.2) is 0 Å². The van der Waals surface area contributed by atoms with Crippen LogP contribution in [-0.4, -0.2) is 25.4 Å². The van der Waals surface area contributed by atoms with Crippen LogP contribution >= 0.6 is 0 Å². The molecule has 0 spiro atoms. The molecule has 92 valence electrons. The fourth-order valence-corrected chi connectivity index (χ4v) is 1.31. The quantitative estimate of drug-likeness (QED) is 0.679. The molecular weight excluding hydrogens is 207 g/mol. The van der Waals surface area contributed by atoms with Crippen molar-refractivity contribution in [3.63, 3.8) is 0 Å². The summed E-state index contributed by atoms with van der Waals surface area (Å²) < 4.78 is 39.5. The lowest BCUT2D eigenvalue weighted by Gasteiger charge is -2.17. The van der Waals surface area contributed by atoms with Gasteiger partial charge in [-0.2, -0.15) is 13.2 Å². The Morgan fingerprint density at radius 1 is 1.33 bits per heavy atom. The van der Waals surface area contributed by atoms with Crippen molar-refractivity contribution < 1.29 is 17.9 Å². The fraction of sp³-hybridized carbons (Fsp3) is 1.00. The molecule has 2 N–H and O–H groups in total. The lowest BCUT2D eigenvalue weighted by molar-refractivity contribution is -0.174. The molecule has 0 fully saturated rings. The van der Waals surface area contributed by atoms with Gasteiger partial charge in [-0.1, -0.05) is 13.8 Å². The predicted octanol–water partition coefficient (Wildman–Crippen LogP) is 2.72. The third kappa shape index (κ3) is 8.69. The second kappa shape index (κ2) is 7.06. The molecule has 0 saturated heterocycles. The van der Waals surface area contributed by atoms with Crippen molar-refractivity contribution in [3.05, 3.63) is 0 Å². The molecule has 2 atom stereocenters. The molecule has 0 rings (SSSR count). The van der Waals surface area contributed by atoms with Gasteiger partial charge < -0.3 is 10.5 Å². The molecule has 2 unspecified atom stereocenters. The van der Waals surface area contributed by atoms with Crippen molar-refractivity contribution in [1.29, 1.82) is 0 Å². The molecule has 0 aliphatic rings. The van der Waals surface area contributed by atoms with E-state index in [9.17, 15) is 13.2 Å². The standard InChI is InChI=1S/C10H20F3NO/c1-3-9(14)8(2)5-4-6-15-7-10(11,12)13/h8-9H,3-7,14H2,1-2H3. The molecule has 0 aromatic carbocycles. The van der Waals surface area contributed by atoms with E-state index in [1.807, 2.05) is 13.8 Å². The second-order valence-electron chi connectivity index (χ2n) is 3.86. The summed E-state index contributed by atoms with van der Waals surface area (Å²) in [4.78, 5) is 0. The van der Waals surface area contributed by atoms with Crippen LogP contribution < -0.4 is 5.73 Å². The number of alkyl halides is 3. The first kappa shape index (κ1) is 14.7. The second-order valence-corrected chi connectivity index (χ2v) is 3.86. The van der Waals surface area contributed by atoms with Crippen molar-refractivity contribution in [2.75, 3.05) is 13.2 Å². The van der Waals surface area contributed by atoms with E-state index in [1.165, 1.54) is 0 Å². The Balaban J connectivity index is 3.39.